The van der Waals surface area contributed by atoms with Crippen molar-refractivity contribution in [2.24, 2.45) is 11.8 Å². The number of carboxylic acids is 1. The molecule has 1 saturated heterocycles. The lowest BCUT2D eigenvalue weighted by Crippen LogP contribution is -2.48. The molecule has 210 valence electrons. The third-order valence-electron chi connectivity index (χ3n) is 8.22. The molecule has 3 atom stereocenters. The molecule has 2 aliphatic rings. The Bertz CT molecular complexity index is 1140. The van der Waals surface area contributed by atoms with Gasteiger partial charge < -0.3 is 9.84 Å². The number of alkyl halides is 6. The van der Waals surface area contributed by atoms with Crippen molar-refractivity contribution < 1.29 is 41.0 Å². The van der Waals surface area contributed by atoms with Gasteiger partial charge in [-0.2, -0.15) is 26.3 Å². The van der Waals surface area contributed by atoms with Crippen LogP contribution in [0.1, 0.15) is 69.9 Å². The molecule has 1 aliphatic carbocycles. The van der Waals surface area contributed by atoms with Crippen LogP contribution in [0.2, 0.25) is 0 Å². The van der Waals surface area contributed by atoms with E-state index in [0.717, 1.165) is 6.42 Å². The number of benzene rings is 2. The number of halogens is 6. The molecule has 1 N–H and O–H groups in total. The van der Waals surface area contributed by atoms with Crippen molar-refractivity contribution in [2.75, 3.05) is 0 Å². The van der Waals surface area contributed by atoms with Crippen LogP contribution >= 0.6 is 0 Å². The highest BCUT2D eigenvalue weighted by Crippen LogP contribution is 2.45. The predicted octanol–water partition coefficient (Wildman–Crippen LogP) is 7.82. The number of ether oxygens (including phenoxy) is 1. The van der Waals surface area contributed by atoms with Crippen LogP contribution in [-0.2, 0) is 17.5 Å². The fourth-order valence-electron chi connectivity index (χ4n) is 6.17. The SMILES string of the molecule is CCC1CC(C(=O)O)CC(C)N1Cc1cccc2c(C(F)(F)F)c(OC3CCC(C(F)(F)F)CC3)ccc12. The summed E-state index contributed by atoms with van der Waals surface area (Å²) in [6.45, 7) is 4.30. The number of rotatable bonds is 6. The fourth-order valence-corrected chi connectivity index (χ4v) is 6.17. The third-order valence-corrected chi connectivity index (χ3v) is 8.22. The molecule has 2 aromatic carbocycles. The number of likely N-dealkylation sites (tertiary alicyclic amines) is 1. The molecule has 38 heavy (non-hydrogen) atoms. The maximum Gasteiger partial charge on any atom is 0.420 e. The Kier molecular flexibility index (Phi) is 8.21. The molecule has 3 unspecified atom stereocenters. The molecule has 1 aliphatic heterocycles. The van der Waals surface area contributed by atoms with Crippen molar-refractivity contribution in [1.29, 1.82) is 0 Å². The van der Waals surface area contributed by atoms with E-state index >= 15 is 0 Å². The molecular weight excluding hydrogens is 512 g/mol. The zero-order valence-corrected chi connectivity index (χ0v) is 21.4. The van der Waals surface area contributed by atoms with E-state index in [1.54, 1.807) is 18.2 Å². The second kappa shape index (κ2) is 10.9. The number of carboxylic acid groups (broad SMARTS) is 1. The molecule has 0 bridgehead atoms. The van der Waals surface area contributed by atoms with Gasteiger partial charge in [-0.15, -0.1) is 0 Å². The van der Waals surface area contributed by atoms with E-state index in [2.05, 4.69) is 4.90 Å². The van der Waals surface area contributed by atoms with E-state index in [0.29, 0.717) is 30.3 Å². The summed E-state index contributed by atoms with van der Waals surface area (Å²) in [5, 5.41) is 9.91. The smallest absolute Gasteiger partial charge is 0.420 e. The second-order valence-electron chi connectivity index (χ2n) is 10.7. The Morgan fingerprint density at radius 3 is 2.26 bits per heavy atom. The maximum atomic E-state index is 14.3. The van der Waals surface area contributed by atoms with E-state index in [1.807, 2.05) is 13.8 Å². The number of nitrogens with zero attached hydrogens (tertiary/aromatic N) is 1. The van der Waals surface area contributed by atoms with Gasteiger partial charge in [0, 0.05) is 18.6 Å². The molecular formula is C28H33F6NO3. The minimum atomic E-state index is -4.73. The second-order valence-corrected chi connectivity index (χ2v) is 10.7. The molecule has 4 rings (SSSR count). The van der Waals surface area contributed by atoms with Crippen molar-refractivity contribution in [3.8, 4) is 5.75 Å². The van der Waals surface area contributed by atoms with Gasteiger partial charge in [0.2, 0.25) is 0 Å². The van der Waals surface area contributed by atoms with Gasteiger partial charge in [-0.1, -0.05) is 31.2 Å². The molecule has 4 nitrogen and oxygen atoms in total. The Morgan fingerprint density at radius 1 is 1.00 bits per heavy atom. The van der Waals surface area contributed by atoms with Crippen molar-refractivity contribution in [3.63, 3.8) is 0 Å². The first kappa shape index (κ1) is 28.5. The number of hydrogen-bond donors (Lipinski definition) is 1. The van der Waals surface area contributed by atoms with Crippen LogP contribution in [0.3, 0.4) is 0 Å². The molecule has 1 heterocycles. The summed E-state index contributed by atoms with van der Waals surface area (Å²) in [5.41, 5.74) is -0.219. The summed E-state index contributed by atoms with van der Waals surface area (Å²) in [5.74, 6) is -3.08. The summed E-state index contributed by atoms with van der Waals surface area (Å²) >= 11 is 0. The van der Waals surface area contributed by atoms with Crippen LogP contribution in [0.4, 0.5) is 26.3 Å². The van der Waals surface area contributed by atoms with Crippen LogP contribution in [-0.4, -0.2) is 40.3 Å². The van der Waals surface area contributed by atoms with E-state index in [-0.39, 0.29) is 48.9 Å². The highest BCUT2D eigenvalue weighted by molar-refractivity contribution is 5.91. The number of carbonyl (C=O) groups is 1. The van der Waals surface area contributed by atoms with Crippen LogP contribution in [0.15, 0.2) is 30.3 Å². The van der Waals surface area contributed by atoms with Gasteiger partial charge in [0.25, 0.3) is 0 Å². The van der Waals surface area contributed by atoms with Gasteiger partial charge in [0.05, 0.1) is 17.9 Å². The van der Waals surface area contributed by atoms with Crippen LogP contribution in [0.5, 0.6) is 5.75 Å². The van der Waals surface area contributed by atoms with E-state index < -0.39 is 41.8 Å². The van der Waals surface area contributed by atoms with Gasteiger partial charge in [0.1, 0.15) is 11.3 Å². The number of aliphatic carboxylic acids is 1. The largest absolute Gasteiger partial charge is 0.490 e. The lowest BCUT2D eigenvalue weighted by atomic mass is 9.85. The van der Waals surface area contributed by atoms with E-state index in [1.165, 1.54) is 12.1 Å². The van der Waals surface area contributed by atoms with Gasteiger partial charge in [-0.25, -0.2) is 0 Å². The van der Waals surface area contributed by atoms with Crippen LogP contribution in [0, 0.1) is 11.8 Å². The van der Waals surface area contributed by atoms with Gasteiger partial charge in [-0.05, 0) is 74.3 Å². The van der Waals surface area contributed by atoms with Gasteiger partial charge in [-0.3, -0.25) is 9.69 Å². The van der Waals surface area contributed by atoms with Crippen LogP contribution < -0.4 is 4.74 Å². The monoisotopic (exact) mass is 545 g/mol. The topological polar surface area (TPSA) is 49.8 Å². The minimum absolute atomic E-state index is 0.00775. The highest BCUT2D eigenvalue weighted by atomic mass is 19.4. The standard InChI is InChI=1S/C28H33F6NO3/c1-3-20-14-18(26(36)37)13-16(2)35(20)15-17-5-4-6-23-22(17)11-12-24(25(23)28(32,33)34)38-21-9-7-19(8-10-21)27(29,30)31/h4-6,11-12,16,18-21H,3,7-10,13-15H2,1-2H3,(H,36,37). The maximum absolute atomic E-state index is 14.3. The molecule has 0 spiro atoms. The first-order chi connectivity index (χ1) is 17.8. The quantitative estimate of drug-likeness (QED) is 0.376. The van der Waals surface area contributed by atoms with Gasteiger partial charge in [0.15, 0.2) is 0 Å². The lowest BCUT2D eigenvalue weighted by molar-refractivity contribution is -0.185. The zero-order chi connectivity index (χ0) is 27.8. The number of piperidine rings is 1. The molecule has 0 aromatic heterocycles. The minimum Gasteiger partial charge on any atom is -0.490 e. The summed E-state index contributed by atoms with van der Waals surface area (Å²) in [4.78, 5) is 13.8. The van der Waals surface area contributed by atoms with Crippen molar-refractivity contribution in [2.45, 2.75) is 95.9 Å². The van der Waals surface area contributed by atoms with Crippen molar-refractivity contribution in [1.82, 2.24) is 4.90 Å². The number of hydrogen-bond acceptors (Lipinski definition) is 3. The normalized spacial score (nSPS) is 27.4. The molecule has 1 saturated carbocycles. The summed E-state index contributed by atoms with van der Waals surface area (Å²) in [6, 6.07) is 7.55. The average molecular weight is 546 g/mol. The third kappa shape index (κ3) is 6.05. The molecule has 0 amide bonds. The summed E-state index contributed by atoms with van der Waals surface area (Å²) in [7, 11) is 0. The lowest BCUT2D eigenvalue weighted by Gasteiger charge is -2.43. The molecule has 2 aromatic rings. The fraction of sp³-hybridized carbons (Fsp3) is 0.607. The highest BCUT2D eigenvalue weighted by Gasteiger charge is 2.43. The summed E-state index contributed by atoms with van der Waals surface area (Å²) in [6.07, 6.45) is -8.30. The Hall–Kier alpha value is -2.49. The Balaban J connectivity index is 1.62. The predicted molar refractivity (Wildman–Crippen MR) is 131 cm³/mol. The molecule has 0 radical (unpaired) electrons. The first-order valence-corrected chi connectivity index (χ1v) is 13.1. The Morgan fingerprint density at radius 2 is 1.68 bits per heavy atom. The van der Waals surface area contributed by atoms with Crippen molar-refractivity contribution >= 4 is 16.7 Å². The van der Waals surface area contributed by atoms with E-state index in [9.17, 15) is 36.2 Å². The molecule has 2 fully saturated rings. The Labute approximate surface area is 217 Å². The first-order valence-electron chi connectivity index (χ1n) is 13.1. The van der Waals surface area contributed by atoms with Crippen molar-refractivity contribution in [3.05, 3.63) is 41.5 Å². The summed E-state index contributed by atoms with van der Waals surface area (Å²) < 4.78 is 87.7. The number of fused-ring (bicyclic) bond motifs is 1. The van der Waals surface area contributed by atoms with Gasteiger partial charge >= 0.3 is 18.3 Å². The molecule has 10 heteroatoms. The average Bonchev–Trinajstić information content (AvgIpc) is 2.83. The zero-order valence-electron chi connectivity index (χ0n) is 21.4. The van der Waals surface area contributed by atoms with E-state index in [4.69, 9.17) is 4.74 Å². The van der Waals surface area contributed by atoms with Crippen LogP contribution in [0.25, 0.3) is 10.8 Å².